The summed E-state index contributed by atoms with van der Waals surface area (Å²) in [6, 6.07) is 0. The number of nitrogens with two attached hydrogens (primary N) is 2. The molecule has 0 spiro atoms. The highest BCUT2D eigenvalue weighted by Gasteiger charge is 2.12. The molecule has 0 unspecified atom stereocenters. The molecule has 7 heteroatoms. The Labute approximate surface area is 99.8 Å². The number of methoxy groups -OCH3 is 1. The van der Waals surface area contributed by atoms with E-state index >= 15 is 0 Å². The molecular weight excluding hydrogens is 222 g/mol. The van der Waals surface area contributed by atoms with Gasteiger partial charge in [0.15, 0.2) is 5.82 Å². The van der Waals surface area contributed by atoms with Crippen LogP contribution < -0.4 is 21.9 Å². The highest BCUT2D eigenvalue weighted by molar-refractivity contribution is 5.60. The SMILES string of the molecule is COCCN(CCCN)c1nc[nH]c(=O)c1N. The Morgan fingerprint density at radius 1 is 1.53 bits per heavy atom. The lowest BCUT2D eigenvalue weighted by Crippen LogP contribution is -2.32. The van der Waals surface area contributed by atoms with Gasteiger partial charge in [-0.05, 0) is 13.0 Å². The first-order valence-corrected chi connectivity index (χ1v) is 5.47. The van der Waals surface area contributed by atoms with E-state index in [9.17, 15) is 4.79 Å². The van der Waals surface area contributed by atoms with Crippen LogP contribution in [-0.2, 0) is 4.74 Å². The van der Waals surface area contributed by atoms with Gasteiger partial charge in [0, 0.05) is 20.2 Å². The Morgan fingerprint density at radius 3 is 2.94 bits per heavy atom. The molecular formula is C10H19N5O2. The van der Waals surface area contributed by atoms with Crippen molar-refractivity contribution in [2.24, 2.45) is 5.73 Å². The second-order valence-electron chi connectivity index (χ2n) is 3.59. The first kappa shape index (κ1) is 13.5. The second-order valence-corrected chi connectivity index (χ2v) is 3.59. The lowest BCUT2D eigenvalue weighted by atomic mass is 10.3. The lowest BCUT2D eigenvalue weighted by Gasteiger charge is -2.23. The maximum absolute atomic E-state index is 11.4. The van der Waals surface area contributed by atoms with Crippen molar-refractivity contribution in [2.45, 2.75) is 6.42 Å². The van der Waals surface area contributed by atoms with E-state index in [-0.39, 0.29) is 11.2 Å². The van der Waals surface area contributed by atoms with Gasteiger partial charge in [0.05, 0.1) is 12.9 Å². The number of aromatic nitrogens is 2. The predicted molar refractivity (Wildman–Crippen MR) is 67.0 cm³/mol. The summed E-state index contributed by atoms with van der Waals surface area (Å²) >= 11 is 0. The zero-order valence-corrected chi connectivity index (χ0v) is 9.98. The number of hydrogen-bond donors (Lipinski definition) is 3. The Kier molecular flexibility index (Phi) is 5.44. The highest BCUT2D eigenvalue weighted by Crippen LogP contribution is 2.14. The van der Waals surface area contributed by atoms with Crippen LogP contribution in [0.3, 0.4) is 0 Å². The fourth-order valence-electron chi connectivity index (χ4n) is 1.46. The maximum Gasteiger partial charge on any atom is 0.276 e. The third kappa shape index (κ3) is 3.72. The topological polar surface area (TPSA) is 110 Å². The quantitative estimate of drug-likeness (QED) is 0.573. The third-order valence-electron chi connectivity index (χ3n) is 2.37. The Bertz CT molecular complexity index is 385. The summed E-state index contributed by atoms with van der Waals surface area (Å²) in [6.45, 7) is 2.43. The number of hydrogen-bond acceptors (Lipinski definition) is 6. The number of nitrogens with zero attached hydrogens (tertiary/aromatic N) is 2. The van der Waals surface area contributed by atoms with Gasteiger partial charge in [-0.25, -0.2) is 4.98 Å². The first-order chi connectivity index (χ1) is 8.20. The van der Waals surface area contributed by atoms with Crippen LogP contribution >= 0.6 is 0 Å². The molecule has 0 radical (unpaired) electrons. The van der Waals surface area contributed by atoms with Crippen molar-refractivity contribution in [1.29, 1.82) is 0 Å². The summed E-state index contributed by atoms with van der Waals surface area (Å²) in [6.07, 6.45) is 2.15. The van der Waals surface area contributed by atoms with E-state index in [4.69, 9.17) is 16.2 Å². The third-order valence-corrected chi connectivity index (χ3v) is 2.37. The van der Waals surface area contributed by atoms with Crippen molar-refractivity contribution in [1.82, 2.24) is 9.97 Å². The van der Waals surface area contributed by atoms with Crippen molar-refractivity contribution in [3.63, 3.8) is 0 Å². The van der Waals surface area contributed by atoms with Crippen molar-refractivity contribution >= 4 is 11.5 Å². The largest absolute Gasteiger partial charge is 0.391 e. The van der Waals surface area contributed by atoms with Crippen molar-refractivity contribution in [2.75, 3.05) is 44.0 Å². The molecule has 0 saturated heterocycles. The average Bonchev–Trinajstić information content (AvgIpc) is 2.34. The molecule has 1 heterocycles. The van der Waals surface area contributed by atoms with Gasteiger partial charge in [-0.2, -0.15) is 0 Å². The molecule has 17 heavy (non-hydrogen) atoms. The molecule has 5 N–H and O–H groups in total. The number of nitrogens with one attached hydrogen (secondary N) is 1. The van der Waals surface area contributed by atoms with E-state index in [1.54, 1.807) is 7.11 Å². The van der Waals surface area contributed by atoms with Crippen LogP contribution in [0, 0.1) is 0 Å². The van der Waals surface area contributed by atoms with Crippen molar-refractivity contribution in [3.8, 4) is 0 Å². The molecule has 0 fully saturated rings. The predicted octanol–water partition coefficient (Wildman–Crippen LogP) is -0.846. The minimum Gasteiger partial charge on any atom is -0.391 e. The summed E-state index contributed by atoms with van der Waals surface area (Å²) in [7, 11) is 1.62. The van der Waals surface area contributed by atoms with Gasteiger partial charge >= 0.3 is 0 Å². The monoisotopic (exact) mass is 241 g/mol. The molecule has 0 saturated carbocycles. The van der Waals surface area contributed by atoms with Gasteiger partial charge in [-0.15, -0.1) is 0 Å². The molecule has 96 valence electrons. The zero-order valence-electron chi connectivity index (χ0n) is 9.98. The van der Waals surface area contributed by atoms with Crippen LogP contribution in [0.5, 0.6) is 0 Å². The Morgan fingerprint density at radius 2 is 2.29 bits per heavy atom. The van der Waals surface area contributed by atoms with Gasteiger partial charge in [-0.3, -0.25) is 4.79 Å². The number of nitrogen functional groups attached to an aromatic ring is 1. The normalized spacial score (nSPS) is 10.5. The average molecular weight is 241 g/mol. The van der Waals surface area contributed by atoms with Crippen LogP contribution in [0.2, 0.25) is 0 Å². The second kappa shape index (κ2) is 6.87. The van der Waals surface area contributed by atoms with Crippen LogP contribution in [0.4, 0.5) is 11.5 Å². The molecule has 0 aliphatic heterocycles. The van der Waals surface area contributed by atoms with Gasteiger partial charge in [0.1, 0.15) is 5.69 Å². The number of aromatic amines is 1. The van der Waals surface area contributed by atoms with Crippen LogP contribution in [0.1, 0.15) is 6.42 Å². The number of H-pyrrole nitrogens is 1. The smallest absolute Gasteiger partial charge is 0.276 e. The number of anilines is 2. The summed E-state index contributed by atoms with van der Waals surface area (Å²) < 4.78 is 5.02. The van der Waals surface area contributed by atoms with Crippen LogP contribution in [0.25, 0.3) is 0 Å². The summed E-state index contributed by atoms with van der Waals surface area (Å²) in [5.41, 5.74) is 11.0. The number of ether oxygens (including phenoxy) is 1. The standard InChI is InChI=1S/C10H19N5O2/c1-17-6-5-15(4-2-3-11)9-8(12)10(16)14-7-13-9/h7H,2-6,11-12H2,1H3,(H,13,14,16). The minimum atomic E-state index is -0.329. The fourth-order valence-corrected chi connectivity index (χ4v) is 1.46. The van der Waals surface area contributed by atoms with E-state index in [1.807, 2.05) is 4.90 Å². The Hall–Kier alpha value is -1.60. The van der Waals surface area contributed by atoms with Gasteiger partial charge in [-0.1, -0.05) is 0 Å². The summed E-state index contributed by atoms with van der Waals surface area (Å²) in [4.78, 5) is 19.8. The van der Waals surface area contributed by atoms with Crippen molar-refractivity contribution < 1.29 is 4.74 Å². The van der Waals surface area contributed by atoms with Gasteiger partial charge in [0.2, 0.25) is 0 Å². The molecule has 1 aromatic heterocycles. The molecule has 0 aliphatic carbocycles. The number of rotatable bonds is 7. The van der Waals surface area contributed by atoms with Crippen LogP contribution in [-0.4, -0.2) is 43.3 Å². The molecule has 0 atom stereocenters. The van der Waals surface area contributed by atoms with E-state index < -0.39 is 0 Å². The zero-order chi connectivity index (χ0) is 12.7. The Balaban J connectivity index is 2.86. The molecule has 0 aliphatic rings. The lowest BCUT2D eigenvalue weighted by molar-refractivity contribution is 0.205. The van der Waals surface area contributed by atoms with Crippen LogP contribution in [0.15, 0.2) is 11.1 Å². The van der Waals surface area contributed by atoms with Gasteiger partial charge < -0.3 is 26.1 Å². The van der Waals surface area contributed by atoms with E-state index in [0.29, 0.717) is 32.1 Å². The highest BCUT2D eigenvalue weighted by atomic mass is 16.5. The molecule has 0 aromatic carbocycles. The maximum atomic E-state index is 11.4. The molecule has 0 amide bonds. The van der Waals surface area contributed by atoms with E-state index in [2.05, 4.69) is 9.97 Å². The van der Waals surface area contributed by atoms with Crippen molar-refractivity contribution in [3.05, 3.63) is 16.7 Å². The van der Waals surface area contributed by atoms with E-state index in [1.165, 1.54) is 6.33 Å². The summed E-state index contributed by atoms with van der Waals surface area (Å²) in [5.74, 6) is 0.485. The molecule has 1 aromatic rings. The minimum absolute atomic E-state index is 0.126. The molecule has 0 bridgehead atoms. The summed E-state index contributed by atoms with van der Waals surface area (Å²) in [5, 5.41) is 0. The first-order valence-electron chi connectivity index (χ1n) is 5.47. The molecule has 1 rings (SSSR count). The molecule has 7 nitrogen and oxygen atoms in total. The fraction of sp³-hybridized carbons (Fsp3) is 0.600. The van der Waals surface area contributed by atoms with Gasteiger partial charge in [0.25, 0.3) is 5.56 Å². The van der Waals surface area contributed by atoms with E-state index in [0.717, 1.165) is 6.42 Å².